The number of rotatable bonds is 2. The van der Waals surface area contributed by atoms with Gasteiger partial charge in [-0.1, -0.05) is 15.9 Å². The monoisotopic (exact) mass is 243 g/mol. The molecule has 2 N–H and O–H groups in total. The Labute approximate surface area is 87.0 Å². The van der Waals surface area contributed by atoms with Crippen LogP contribution in [0.5, 0.6) is 0 Å². The summed E-state index contributed by atoms with van der Waals surface area (Å²) in [6.07, 6.45) is 8.61. The van der Waals surface area contributed by atoms with E-state index in [2.05, 4.69) is 28.1 Å². The van der Waals surface area contributed by atoms with E-state index in [1.807, 2.05) is 0 Å². The Kier molecular flexibility index (Phi) is 2.74. The third-order valence-corrected chi connectivity index (χ3v) is 3.17. The van der Waals surface area contributed by atoms with Crippen molar-refractivity contribution >= 4 is 15.9 Å². The maximum atomic E-state index is 5.76. The quantitative estimate of drug-likeness (QED) is 0.809. The van der Waals surface area contributed by atoms with Crippen molar-refractivity contribution in [1.29, 1.82) is 0 Å². The van der Waals surface area contributed by atoms with Crippen molar-refractivity contribution in [2.75, 3.05) is 0 Å². The van der Waals surface area contributed by atoms with Gasteiger partial charge < -0.3 is 10.5 Å². The van der Waals surface area contributed by atoms with Gasteiger partial charge in [0.2, 0.25) is 0 Å². The fourth-order valence-electron chi connectivity index (χ4n) is 1.61. The average Bonchev–Trinajstić information content (AvgIpc) is 2.06. The molecule has 0 radical (unpaired) electrons. The van der Waals surface area contributed by atoms with Crippen LogP contribution in [0.15, 0.2) is 22.4 Å². The summed E-state index contributed by atoms with van der Waals surface area (Å²) in [5.41, 5.74) is 5.68. The Balaban J connectivity index is 1.82. The zero-order chi connectivity index (χ0) is 9.26. The second-order valence-corrected chi connectivity index (χ2v) is 4.74. The highest BCUT2D eigenvalue weighted by Crippen LogP contribution is 2.29. The van der Waals surface area contributed by atoms with Gasteiger partial charge in [0.15, 0.2) is 0 Å². The number of halogens is 1. The first-order chi connectivity index (χ1) is 6.24. The lowest BCUT2D eigenvalue weighted by Gasteiger charge is -2.33. The number of allylic oxidation sites excluding steroid dienone is 4. The van der Waals surface area contributed by atoms with Gasteiger partial charge in [-0.05, 0) is 35.9 Å². The minimum Gasteiger partial charge on any atom is -0.495 e. The molecule has 1 fully saturated rings. The second-order valence-electron chi connectivity index (χ2n) is 3.72. The Morgan fingerprint density at radius 3 is 2.62 bits per heavy atom. The molecule has 0 unspecified atom stereocenters. The van der Waals surface area contributed by atoms with E-state index in [4.69, 9.17) is 10.5 Å². The Morgan fingerprint density at radius 1 is 1.31 bits per heavy atom. The summed E-state index contributed by atoms with van der Waals surface area (Å²) >= 11 is 3.46. The Hall–Kier alpha value is -0.280. The van der Waals surface area contributed by atoms with Crippen molar-refractivity contribution in [3.8, 4) is 0 Å². The van der Waals surface area contributed by atoms with E-state index >= 15 is 0 Å². The van der Waals surface area contributed by atoms with Crippen LogP contribution in [-0.4, -0.2) is 12.1 Å². The molecular weight excluding hydrogens is 230 g/mol. The van der Waals surface area contributed by atoms with Crippen molar-refractivity contribution in [2.24, 2.45) is 5.73 Å². The van der Waals surface area contributed by atoms with Crippen LogP contribution in [0.25, 0.3) is 0 Å². The lowest BCUT2D eigenvalue weighted by Crippen LogP contribution is -2.41. The molecule has 1 saturated carbocycles. The third-order valence-electron chi connectivity index (χ3n) is 2.51. The zero-order valence-corrected chi connectivity index (χ0v) is 9.09. The third kappa shape index (κ3) is 2.35. The number of hydrogen-bond acceptors (Lipinski definition) is 2. The summed E-state index contributed by atoms with van der Waals surface area (Å²) in [4.78, 5) is 0. The second kappa shape index (κ2) is 3.84. The van der Waals surface area contributed by atoms with Gasteiger partial charge in [0.1, 0.15) is 6.10 Å². The average molecular weight is 244 g/mol. The summed E-state index contributed by atoms with van der Waals surface area (Å²) in [5.74, 6) is 1.11. The molecule has 0 heterocycles. The van der Waals surface area contributed by atoms with Gasteiger partial charge in [0.05, 0.1) is 5.76 Å². The molecule has 0 aliphatic heterocycles. The van der Waals surface area contributed by atoms with Crippen molar-refractivity contribution in [1.82, 2.24) is 0 Å². The predicted octanol–water partition coefficient (Wildman–Crippen LogP) is 2.45. The molecule has 0 amide bonds. The summed E-state index contributed by atoms with van der Waals surface area (Å²) in [6.45, 7) is 0. The van der Waals surface area contributed by atoms with E-state index in [-0.39, 0.29) is 0 Å². The van der Waals surface area contributed by atoms with E-state index in [0.717, 1.165) is 31.4 Å². The van der Waals surface area contributed by atoms with Crippen molar-refractivity contribution in [2.45, 2.75) is 37.8 Å². The van der Waals surface area contributed by atoms with Crippen LogP contribution in [0.2, 0.25) is 0 Å². The molecule has 0 aromatic carbocycles. The SMILES string of the molecule is NC1CC(OC2=CC=C(Br)CC2)C1. The van der Waals surface area contributed by atoms with Gasteiger partial charge in [0, 0.05) is 12.5 Å². The van der Waals surface area contributed by atoms with Crippen LogP contribution < -0.4 is 5.73 Å². The van der Waals surface area contributed by atoms with Gasteiger partial charge >= 0.3 is 0 Å². The molecule has 0 bridgehead atoms. The summed E-state index contributed by atoms with van der Waals surface area (Å²) < 4.78 is 7.02. The topological polar surface area (TPSA) is 35.2 Å². The predicted molar refractivity (Wildman–Crippen MR) is 56.4 cm³/mol. The fourth-order valence-corrected chi connectivity index (χ4v) is 1.94. The Bertz CT molecular complexity index is 254. The minimum atomic E-state index is 0.372. The molecule has 13 heavy (non-hydrogen) atoms. The van der Waals surface area contributed by atoms with Gasteiger partial charge in [-0.2, -0.15) is 0 Å². The molecule has 0 aromatic rings. The first kappa shape index (κ1) is 9.28. The van der Waals surface area contributed by atoms with E-state index in [9.17, 15) is 0 Å². The Morgan fingerprint density at radius 2 is 2.08 bits per heavy atom. The molecule has 0 atom stereocenters. The molecule has 2 aliphatic carbocycles. The molecule has 2 nitrogen and oxygen atoms in total. The lowest BCUT2D eigenvalue weighted by molar-refractivity contribution is 0.0339. The number of hydrogen-bond donors (Lipinski definition) is 1. The highest BCUT2D eigenvalue weighted by Gasteiger charge is 2.28. The van der Waals surface area contributed by atoms with E-state index < -0.39 is 0 Å². The molecule has 0 spiro atoms. The first-order valence-corrected chi connectivity index (χ1v) is 5.51. The molecule has 2 rings (SSSR count). The smallest absolute Gasteiger partial charge is 0.101 e. The van der Waals surface area contributed by atoms with E-state index in [0.29, 0.717) is 12.1 Å². The van der Waals surface area contributed by atoms with Crippen LogP contribution in [0.3, 0.4) is 0 Å². The van der Waals surface area contributed by atoms with E-state index in [1.165, 1.54) is 4.48 Å². The number of nitrogens with two attached hydrogens (primary N) is 1. The fraction of sp³-hybridized carbons (Fsp3) is 0.600. The van der Waals surface area contributed by atoms with Crippen LogP contribution in [0.4, 0.5) is 0 Å². The summed E-state index contributed by atoms with van der Waals surface area (Å²) in [5, 5.41) is 0. The van der Waals surface area contributed by atoms with E-state index in [1.54, 1.807) is 0 Å². The van der Waals surface area contributed by atoms with Crippen molar-refractivity contribution in [3.05, 3.63) is 22.4 Å². The van der Waals surface area contributed by atoms with Crippen LogP contribution in [0.1, 0.15) is 25.7 Å². The normalized spacial score (nSPS) is 33.1. The zero-order valence-electron chi connectivity index (χ0n) is 7.50. The van der Waals surface area contributed by atoms with Crippen molar-refractivity contribution in [3.63, 3.8) is 0 Å². The maximum absolute atomic E-state index is 5.76. The van der Waals surface area contributed by atoms with Crippen LogP contribution in [0, 0.1) is 0 Å². The first-order valence-electron chi connectivity index (χ1n) is 4.71. The maximum Gasteiger partial charge on any atom is 0.101 e. The molecule has 72 valence electrons. The number of ether oxygens (including phenoxy) is 1. The molecule has 0 saturated heterocycles. The minimum absolute atomic E-state index is 0.372. The molecule has 0 aromatic heterocycles. The molecular formula is C10H14BrNO. The van der Waals surface area contributed by atoms with Gasteiger partial charge in [-0.15, -0.1) is 0 Å². The van der Waals surface area contributed by atoms with Crippen LogP contribution in [-0.2, 0) is 4.74 Å². The van der Waals surface area contributed by atoms with Gasteiger partial charge in [-0.3, -0.25) is 0 Å². The highest BCUT2D eigenvalue weighted by molar-refractivity contribution is 9.11. The lowest BCUT2D eigenvalue weighted by atomic mass is 9.90. The van der Waals surface area contributed by atoms with Crippen LogP contribution >= 0.6 is 15.9 Å². The van der Waals surface area contributed by atoms with Gasteiger partial charge in [0.25, 0.3) is 0 Å². The highest BCUT2D eigenvalue weighted by atomic mass is 79.9. The van der Waals surface area contributed by atoms with Crippen molar-refractivity contribution < 1.29 is 4.74 Å². The summed E-state index contributed by atoms with van der Waals surface area (Å²) in [7, 11) is 0. The molecule has 3 heteroatoms. The van der Waals surface area contributed by atoms with Gasteiger partial charge in [-0.25, -0.2) is 0 Å². The summed E-state index contributed by atoms with van der Waals surface area (Å²) in [6, 6.07) is 0.372. The standard InChI is InChI=1S/C10H14BrNO/c11-7-1-3-9(4-2-7)13-10-5-8(12)6-10/h1,3,8,10H,2,4-6,12H2. The molecule has 2 aliphatic rings. The largest absolute Gasteiger partial charge is 0.495 e.